The summed E-state index contributed by atoms with van der Waals surface area (Å²) >= 11 is 0. The zero-order chi connectivity index (χ0) is 17.3. The number of nitrogens with zero attached hydrogens (tertiary/aromatic N) is 1. The summed E-state index contributed by atoms with van der Waals surface area (Å²) in [5.74, 6) is -0.593. The molecular formula is C18H18N2O4. The predicted molar refractivity (Wildman–Crippen MR) is 90.9 cm³/mol. The molecule has 0 radical (unpaired) electrons. The Bertz CT molecular complexity index is 830. The van der Waals surface area contributed by atoms with Gasteiger partial charge < -0.3 is 10.5 Å². The van der Waals surface area contributed by atoms with Crippen LogP contribution in [-0.4, -0.2) is 18.0 Å². The fourth-order valence-corrected chi connectivity index (χ4v) is 3.27. The van der Waals surface area contributed by atoms with Crippen molar-refractivity contribution in [3.63, 3.8) is 0 Å². The minimum atomic E-state index is -0.593. The maximum absolute atomic E-state index is 11.8. The number of methoxy groups -OCH3 is 1. The Balaban J connectivity index is 2.21. The second-order valence-electron chi connectivity index (χ2n) is 5.88. The van der Waals surface area contributed by atoms with Crippen LogP contribution in [0.5, 0.6) is 0 Å². The van der Waals surface area contributed by atoms with Crippen molar-refractivity contribution >= 4 is 17.3 Å². The van der Waals surface area contributed by atoms with E-state index < -0.39 is 10.9 Å². The lowest BCUT2D eigenvalue weighted by atomic mass is 9.84. The van der Waals surface area contributed by atoms with Gasteiger partial charge in [0.05, 0.1) is 17.6 Å². The van der Waals surface area contributed by atoms with E-state index in [1.165, 1.54) is 19.2 Å². The second-order valence-corrected chi connectivity index (χ2v) is 5.88. The first kappa shape index (κ1) is 16.0. The zero-order valence-corrected chi connectivity index (χ0v) is 13.4. The van der Waals surface area contributed by atoms with Gasteiger partial charge in [-0.05, 0) is 60.1 Å². The van der Waals surface area contributed by atoms with Gasteiger partial charge in [-0.15, -0.1) is 0 Å². The Morgan fingerprint density at radius 3 is 2.54 bits per heavy atom. The molecule has 2 aromatic rings. The zero-order valence-electron chi connectivity index (χ0n) is 13.4. The maximum Gasteiger partial charge on any atom is 0.338 e. The first-order chi connectivity index (χ1) is 11.5. The van der Waals surface area contributed by atoms with E-state index >= 15 is 0 Å². The van der Waals surface area contributed by atoms with Gasteiger partial charge in [-0.25, -0.2) is 4.79 Å². The molecule has 2 N–H and O–H groups in total. The normalized spacial score (nSPS) is 13.2. The van der Waals surface area contributed by atoms with Crippen LogP contribution in [0, 0.1) is 10.1 Å². The number of carbonyl (C=O) groups is 1. The molecule has 24 heavy (non-hydrogen) atoms. The van der Waals surface area contributed by atoms with Gasteiger partial charge in [0.2, 0.25) is 0 Å². The number of non-ortho nitro benzene ring substituents is 1. The number of nitro benzene ring substituents is 1. The van der Waals surface area contributed by atoms with E-state index in [0.29, 0.717) is 5.56 Å². The monoisotopic (exact) mass is 326 g/mol. The molecule has 6 nitrogen and oxygen atoms in total. The molecule has 0 bridgehead atoms. The summed E-state index contributed by atoms with van der Waals surface area (Å²) in [5, 5.41) is 11.2. The molecular weight excluding hydrogens is 308 g/mol. The summed E-state index contributed by atoms with van der Waals surface area (Å²) < 4.78 is 4.71. The van der Waals surface area contributed by atoms with Crippen LogP contribution < -0.4 is 5.73 Å². The van der Waals surface area contributed by atoms with Crippen molar-refractivity contribution in [1.29, 1.82) is 0 Å². The van der Waals surface area contributed by atoms with E-state index in [1.807, 2.05) is 12.1 Å². The number of fused-ring (bicyclic) bond motifs is 1. The van der Waals surface area contributed by atoms with Gasteiger partial charge >= 0.3 is 5.97 Å². The van der Waals surface area contributed by atoms with Crippen LogP contribution in [-0.2, 0) is 17.6 Å². The molecule has 3 rings (SSSR count). The number of hydrogen-bond acceptors (Lipinski definition) is 5. The molecule has 0 atom stereocenters. The number of benzene rings is 2. The average Bonchev–Trinajstić information content (AvgIpc) is 2.61. The highest BCUT2D eigenvalue weighted by molar-refractivity contribution is 5.92. The van der Waals surface area contributed by atoms with E-state index in [2.05, 4.69) is 0 Å². The van der Waals surface area contributed by atoms with E-state index in [-0.39, 0.29) is 11.3 Å². The average molecular weight is 326 g/mol. The number of nitrogen functional groups attached to an aromatic ring is 1. The van der Waals surface area contributed by atoms with Gasteiger partial charge in [-0.3, -0.25) is 10.1 Å². The Morgan fingerprint density at radius 2 is 1.88 bits per heavy atom. The lowest BCUT2D eigenvalue weighted by molar-refractivity contribution is -0.384. The summed E-state index contributed by atoms with van der Waals surface area (Å²) in [6.45, 7) is 0. The second kappa shape index (κ2) is 6.31. The predicted octanol–water partition coefficient (Wildman–Crippen LogP) is 3.51. The van der Waals surface area contributed by atoms with Crippen LogP contribution in [0.1, 0.15) is 34.3 Å². The molecule has 0 unspecified atom stereocenters. The molecule has 0 aliphatic heterocycles. The van der Waals surface area contributed by atoms with E-state index in [4.69, 9.17) is 10.5 Å². The lowest BCUT2D eigenvalue weighted by Crippen LogP contribution is -2.08. The Kier molecular flexibility index (Phi) is 4.20. The number of esters is 1. The highest BCUT2D eigenvalue weighted by Gasteiger charge is 2.20. The smallest absolute Gasteiger partial charge is 0.338 e. The molecule has 1 aliphatic carbocycles. The molecule has 2 aromatic carbocycles. The molecule has 124 valence electrons. The van der Waals surface area contributed by atoms with Crippen molar-refractivity contribution in [1.82, 2.24) is 0 Å². The number of carbonyl (C=O) groups excluding carboxylic acids is 1. The maximum atomic E-state index is 11.8. The minimum absolute atomic E-state index is 0.130. The third-order valence-electron chi connectivity index (χ3n) is 4.43. The molecule has 0 saturated heterocycles. The first-order valence-corrected chi connectivity index (χ1v) is 7.79. The van der Waals surface area contributed by atoms with Crippen molar-refractivity contribution in [2.24, 2.45) is 0 Å². The number of rotatable bonds is 3. The van der Waals surface area contributed by atoms with Crippen LogP contribution in [0.25, 0.3) is 11.1 Å². The standard InChI is InChI=1S/C18H18N2O4/c1-24-18(21)12-8-11(9-13(10-12)20(22)23)14-6-7-17(19)16-5-3-2-4-15(14)16/h6-10H,2-5,19H2,1H3. The van der Waals surface area contributed by atoms with Crippen molar-refractivity contribution < 1.29 is 14.5 Å². The fraction of sp³-hybridized carbons (Fsp3) is 0.278. The van der Waals surface area contributed by atoms with Crippen LogP contribution in [0.2, 0.25) is 0 Å². The summed E-state index contributed by atoms with van der Waals surface area (Å²) in [6.07, 6.45) is 3.94. The fourth-order valence-electron chi connectivity index (χ4n) is 3.27. The summed E-state index contributed by atoms with van der Waals surface area (Å²) in [6, 6.07) is 8.07. The van der Waals surface area contributed by atoms with E-state index in [0.717, 1.165) is 48.1 Å². The van der Waals surface area contributed by atoms with Gasteiger partial charge in [0.25, 0.3) is 5.69 Å². The van der Waals surface area contributed by atoms with Gasteiger partial charge in [0, 0.05) is 17.8 Å². The number of nitro groups is 1. The van der Waals surface area contributed by atoms with E-state index in [1.54, 1.807) is 6.07 Å². The summed E-state index contributed by atoms with van der Waals surface area (Å²) in [4.78, 5) is 22.6. The number of nitrogens with two attached hydrogens (primary N) is 1. The van der Waals surface area contributed by atoms with E-state index in [9.17, 15) is 14.9 Å². The third kappa shape index (κ3) is 2.82. The highest BCUT2D eigenvalue weighted by Crippen LogP contribution is 2.36. The Hall–Kier alpha value is -2.89. The molecule has 0 heterocycles. The summed E-state index contributed by atoms with van der Waals surface area (Å²) in [7, 11) is 1.26. The van der Waals surface area contributed by atoms with Crippen LogP contribution in [0.3, 0.4) is 0 Å². The van der Waals surface area contributed by atoms with Crippen molar-refractivity contribution in [3.05, 3.63) is 57.1 Å². The lowest BCUT2D eigenvalue weighted by Gasteiger charge is -2.21. The van der Waals surface area contributed by atoms with Crippen LogP contribution in [0.4, 0.5) is 11.4 Å². The van der Waals surface area contributed by atoms with Gasteiger partial charge in [-0.2, -0.15) is 0 Å². The molecule has 1 aliphatic rings. The molecule has 0 fully saturated rings. The third-order valence-corrected chi connectivity index (χ3v) is 4.43. The molecule has 6 heteroatoms. The number of anilines is 1. The largest absolute Gasteiger partial charge is 0.465 e. The van der Waals surface area contributed by atoms with Crippen molar-refractivity contribution in [2.45, 2.75) is 25.7 Å². The van der Waals surface area contributed by atoms with Crippen molar-refractivity contribution in [3.8, 4) is 11.1 Å². The molecule has 0 saturated carbocycles. The Labute approximate surface area is 139 Å². The highest BCUT2D eigenvalue weighted by atomic mass is 16.6. The SMILES string of the molecule is COC(=O)c1cc(-c2ccc(N)c3c2CCCC3)cc([N+](=O)[O-])c1. The van der Waals surface area contributed by atoms with Crippen molar-refractivity contribution in [2.75, 3.05) is 12.8 Å². The quantitative estimate of drug-likeness (QED) is 0.403. The molecule has 0 spiro atoms. The van der Waals surface area contributed by atoms with Gasteiger partial charge in [0.15, 0.2) is 0 Å². The minimum Gasteiger partial charge on any atom is -0.465 e. The number of hydrogen-bond donors (Lipinski definition) is 1. The molecule has 0 amide bonds. The summed E-state index contributed by atoms with van der Waals surface area (Å²) in [5.41, 5.74) is 10.7. The van der Waals surface area contributed by atoms with Crippen LogP contribution >= 0.6 is 0 Å². The topological polar surface area (TPSA) is 95.5 Å². The van der Waals surface area contributed by atoms with Gasteiger partial charge in [-0.1, -0.05) is 6.07 Å². The van der Waals surface area contributed by atoms with Crippen LogP contribution in [0.15, 0.2) is 30.3 Å². The Morgan fingerprint density at radius 1 is 1.17 bits per heavy atom. The molecule has 0 aromatic heterocycles. The first-order valence-electron chi connectivity index (χ1n) is 7.79. The number of ether oxygens (including phenoxy) is 1. The van der Waals surface area contributed by atoms with Gasteiger partial charge in [0.1, 0.15) is 0 Å².